The Bertz CT molecular complexity index is 782. The fraction of sp³-hybridized carbons (Fsp3) is 0.625. The van der Waals surface area contributed by atoms with Crippen LogP contribution in [0.5, 0.6) is 5.75 Å². The number of hydrogen-bond acceptors (Lipinski definition) is 4. The smallest absolute Gasteiger partial charge is 0.317 e. The molecular formula is C24H36N4O4. The van der Waals surface area contributed by atoms with Gasteiger partial charge in [-0.2, -0.15) is 0 Å². The van der Waals surface area contributed by atoms with E-state index < -0.39 is 6.04 Å². The number of carbonyl (C=O) groups is 3. The van der Waals surface area contributed by atoms with Crippen molar-refractivity contribution in [2.24, 2.45) is 5.92 Å². The van der Waals surface area contributed by atoms with Crippen LogP contribution >= 0.6 is 0 Å². The summed E-state index contributed by atoms with van der Waals surface area (Å²) < 4.78 is 5.17. The first-order chi connectivity index (χ1) is 15.4. The summed E-state index contributed by atoms with van der Waals surface area (Å²) in [5.74, 6) is 0.406. The van der Waals surface area contributed by atoms with Gasteiger partial charge in [-0.15, -0.1) is 0 Å². The Morgan fingerprint density at radius 3 is 2.09 bits per heavy atom. The van der Waals surface area contributed by atoms with Crippen LogP contribution in [0.2, 0.25) is 0 Å². The predicted molar refractivity (Wildman–Crippen MR) is 123 cm³/mol. The van der Waals surface area contributed by atoms with Crippen molar-refractivity contribution in [3.05, 3.63) is 29.8 Å². The maximum Gasteiger partial charge on any atom is 0.317 e. The third kappa shape index (κ3) is 6.14. The van der Waals surface area contributed by atoms with Gasteiger partial charge >= 0.3 is 6.03 Å². The normalized spacial score (nSPS) is 18.2. The lowest BCUT2D eigenvalue weighted by molar-refractivity contribution is -0.136. The number of likely N-dealkylation sites (tertiary alicyclic amines) is 2. The van der Waals surface area contributed by atoms with Crippen molar-refractivity contribution in [1.82, 2.24) is 20.4 Å². The summed E-state index contributed by atoms with van der Waals surface area (Å²) in [6.45, 7) is 6.50. The summed E-state index contributed by atoms with van der Waals surface area (Å²) in [4.78, 5) is 42.4. The minimum Gasteiger partial charge on any atom is -0.497 e. The molecule has 0 saturated carbocycles. The zero-order valence-corrected chi connectivity index (χ0v) is 19.4. The van der Waals surface area contributed by atoms with Crippen molar-refractivity contribution in [2.75, 3.05) is 33.3 Å². The molecule has 0 aliphatic carbocycles. The molecule has 2 N–H and O–H groups in total. The molecule has 8 heteroatoms. The molecular weight excluding hydrogens is 408 g/mol. The molecule has 1 atom stereocenters. The van der Waals surface area contributed by atoms with E-state index in [9.17, 15) is 14.4 Å². The lowest BCUT2D eigenvalue weighted by Gasteiger charge is -2.38. The molecule has 2 heterocycles. The molecule has 2 saturated heterocycles. The second-order valence-electron chi connectivity index (χ2n) is 8.99. The van der Waals surface area contributed by atoms with Crippen LogP contribution in [0.3, 0.4) is 0 Å². The maximum atomic E-state index is 13.4. The first-order valence-electron chi connectivity index (χ1n) is 11.7. The van der Waals surface area contributed by atoms with Crippen molar-refractivity contribution in [3.63, 3.8) is 0 Å². The van der Waals surface area contributed by atoms with Crippen molar-refractivity contribution in [1.29, 1.82) is 0 Å². The first-order valence-corrected chi connectivity index (χ1v) is 11.7. The van der Waals surface area contributed by atoms with Gasteiger partial charge < -0.3 is 25.2 Å². The van der Waals surface area contributed by atoms with Crippen LogP contribution < -0.4 is 15.4 Å². The SMILES string of the molecule is COc1ccc(C(=O)N[C@@H](C(=O)N2CCCCC2)C2CCN(C(=O)NC(C)C)CC2)cc1. The molecule has 2 fully saturated rings. The van der Waals surface area contributed by atoms with E-state index >= 15 is 0 Å². The van der Waals surface area contributed by atoms with Crippen LogP contribution in [0, 0.1) is 5.92 Å². The quantitative estimate of drug-likeness (QED) is 0.706. The zero-order valence-electron chi connectivity index (χ0n) is 19.4. The van der Waals surface area contributed by atoms with E-state index in [0.717, 1.165) is 32.4 Å². The number of benzene rings is 1. The maximum absolute atomic E-state index is 13.4. The van der Waals surface area contributed by atoms with E-state index in [1.807, 2.05) is 18.7 Å². The first kappa shape index (κ1) is 23.9. The molecule has 1 aromatic rings. The monoisotopic (exact) mass is 444 g/mol. The summed E-state index contributed by atoms with van der Waals surface area (Å²) in [6, 6.07) is 6.31. The summed E-state index contributed by atoms with van der Waals surface area (Å²) in [5.41, 5.74) is 0.496. The molecule has 0 radical (unpaired) electrons. The summed E-state index contributed by atoms with van der Waals surface area (Å²) >= 11 is 0. The average molecular weight is 445 g/mol. The van der Waals surface area contributed by atoms with E-state index in [0.29, 0.717) is 37.2 Å². The highest BCUT2D eigenvalue weighted by Gasteiger charge is 2.36. The van der Waals surface area contributed by atoms with Crippen LogP contribution in [0.4, 0.5) is 4.79 Å². The number of carbonyl (C=O) groups excluding carboxylic acids is 3. The van der Waals surface area contributed by atoms with Gasteiger partial charge in [-0.1, -0.05) is 0 Å². The average Bonchev–Trinajstić information content (AvgIpc) is 2.82. The molecule has 4 amide bonds. The van der Waals surface area contributed by atoms with Crippen molar-refractivity contribution < 1.29 is 19.1 Å². The lowest BCUT2D eigenvalue weighted by atomic mass is 9.88. The van der Waals surface area contributed by atoms with E-state index in [1.54, 1.807) is 36.3 Å². The number of urea groups is 1. The Morgan fingerprint density at radius 1 is 0.906 bits per heavy atom. The van der Waals surface area contributed by atoms with Gasteiger partial charge in [0.15, 0.2) is 0 Å². The minimum absolute atomic E-state index is 0.00311. The van der Waals surface area contributed by atoms with Gasteiger partial charge in [0.25, 0.3) is 5.91 Å². The number of hydrogen-bond donors (Lipinski definition) is 2. The highest BCUT2D eigenvalue weighted by molar-refractivity contribution is 5.97. The second-order valence-corrected chi connectivity index (χ2v) is 8.99. The topological polar surface area (TPSA) is 91.0 Å². The van der Waals surface area contributed by atoms with Gasteiger partial charge in [-0.05, 0) is 76.1 Å². The number of methoxy groups -OCH3 is 1. The van der Waals surface area contributed by atoms with Gasteiger partial charge in [0.05, 0.1) is 7.11 Å². The number of amides is 4. The van der Waals surface area contributed by atoms with E-state index in [-0.39, 0.29) is 29.8 Å². The molecule has 3 rings (SSSR count). The van der Waals surface area contributed by atoms with Crippen LogP contribution in [0.25, 0.3) is 0 Å². The van der Waals surface area contributed by atoms with E-state index in [2.05, 4.69) is 10.6 Å². The number of nitrogens with zero attached hydrogens (tertiary/aromatic N) is 2. The third-order valence-corrected chi connectivity index (χ3v) is 6.28. The van der Waals surface area contributed by atoms with Crippen LogP contribution in [0.15, 0.2) is 24.3 Å². The minimum atomic E-state index is -0.585. The molecule has 0 aromatic heterocycles. The van der Waals surface area contributed by atoms with Gasteiger partial charge in [0.1, 0.15) is 11.8 Å². The van der Waals surface area contributed by atoms with Crippen molar-refractivity contribution in [3.8, 4) is 5.75 Å². The van der Waals surface area contributed by atoms with Crippen molar-refractivity contribution >= 4 is 17.8 Å². The molecule has 8 nitrogen and oxygen atoms in total. The van der Waals surface area contributed by atoms with E-state index in [1.165, 1.54) is 0 Å². The largest absolute Gasteiger partial charge is 0.497 e. The van der Waals surface area contributed by atoms with Crippen LogP contribution in [0.1, 0.15) is 56.3 Å². The fourth-order valence-corrected chi connectivity index (χ4v) is 4.43. The van der Waals surface area contributed by atoms with Gasteiger partial charge in [0.2, 0.25) is 5.91 Å². The fourth-order valence-electron chi connectivity index (χ4n) is 4.43. The number of nitrogens with one attached hydrogen (secondary N) is 2. The zero-order chi connectivity index (χ0) is 23.1. The standard InChI is InChI=1S/C24H36N4O4/c1-17(2)25-24(31)28-15-11-18(12-16-28)21(23(30)27-13-5-4-6-14-27)26-22(29)19-7-9-20(32-3)10-8-19/h7-10,17-18,21H,4-6,11-16H2,1-3H3,(H,25,31)(H,26,29)/t21-/m1/s1. The molecule has 2 aliphatic heterocycles. The van der Waals surface area contributed by atoms with Gasteiger partial charge in [-0.25, -0.2) is 4.79 Å². The molecule has 2 aliphatic rings. The molecule has 0 spiro atoms. The highest BCUT2D eigenvalue weighted by Crippen LogP contribution is 2.24. The van der Waals surface area contributed by atoms with Gasteiger partial charge in [0, 0.05) is 37.8 Å². The predicted octanol–water partition coefficient (Wildman–Crippen LogP) is 2.64. The Balaban J connectivity index is 1.70. The molecule has 0 bridgehead atoms. The lowest BCUT2D eigenvalue weighted by Crippen LogP contribution is -2.56. The Hall–Kier alpha value is -2.77. The molecule has 176 valence electrons. The summed E-state index contributed by atoms with van der Waals surface area (Å²) in [6.07, 6.45) is 4.49. The molecule has 32 heavy (non-hydrogen) atoms. The summed E-state index contributed by atoms with van der Waals surface area (Å²) in [7, 11) is 1.58. The Kier molecular flexibility index (Phi) is 8.36. The molecule has 0 unspecified atom stereocenters. The highest BCUT2D eigenvalue weighted by atomic mass is 16.5. The number of rotatable bonds is 6. The Morgan fingerprint density at radius 2 is 1.53 bits per heavy atom. The van der Waals surface area contributed by atoms with Crippen molar-refractivity contribution in [2.45, 2.75) is 58.0 Å². The third-order valence-electron chi connectivity index (χ3n) is 6.28. The van der Waals surface area contributed by atoms with E-state index in [4.69, 9.17) is 4.74 Å². The Labute approximate surface area is 190 Å². The second kappa shape index (κ2) is 11.2. The van der Waals surface area contributed by atoms with Gasteiger partial charge in [-0.3, -0.25) is 9.59 Å². The number of ether oxygens (including phenoxy) is 1. The van der Waals surface area contributed by atoms with Crippen LogP contribution in [-0.4, -0.2) is 73.0 Å². The van der Waals surface area contributed by atoms with Crippen LogP contribution in [-0.2, 0) is 4.79 Å². The number of piperidine rings is 2. The molecule has 1 aromatic carbocycles. The summed E-state index contributed by atoms with van der Waals surface area (Å²) in [5, 5.41) is 5.95.